The minimum atomic E-state index is 0.374. The number of hydrogen-bond donors (Lipinski definition) is 1. The number of pyridine rings is 1. The zero-order chi connectivity index (χ0) is 13.9. The van der Waals surface area contributed by atoms with Crippen LogP contribution in [0.5, 0.6) is 0 Å². The molecule has 0 bridgehead atoms. The van der Waals surface area contributed by atoms with E-state index in [9.17, 15) is 0 Å². The van der Waals surface area contributed by atoms with Gasteiger partial charge in [0.05, 0.1) is 10.0 Å². The highest BCUT2D eigenvalue weighted by molar-refractivity contribution is 7.99. The molecule has 0 aliphatic heterocycles. The van der Waals surface area contributed by atoms with Crippen LogP contribution in [-0.4, -0.2) is 22.8 Å². The molecule has 1 aromatic rings. The van der Waals surface area contributed by atoms with E-state index in [4.69, 9.17) is 11.6 Å². The average molecular weight is 299 g/mol. The van der Waals surface area contributed by atoms with Crippen LogP contribution < -0.4 is 5.32 Å². The summed E-state index contributed by atoms with van der Waals surface area (Å²) in [6, 6.07) is 4.51. The van der Waals surface area contributed by atoms with E-state index < -0.39 is 0 Å². The smallest absolute Gasteiger partial charge is 0.0964 e. The van der Waals surface area contributed by atoms with Crippen LogP contribution in [-0.2, 0) is 0 Å². The minimum absolute atomic E-state index is 0.374. The molecule has 4 heteroatoms. The first-order valence-electron chi connectivity index (χ1n) is 7.04. The topological polar surface area (TPSA) is 24.9 Å². The van der Waals surface area contributed by atoms with Crippen molar-refractivity contribution in [1.29, 1.82) is 0 Å². The van der Waals surface area contributed by atoms with Crippen molar-refractivity contribution in [3.8, 4) is 0 Å². The molecule has 1 saturated carbocycles. The van der Waals surface area contributed by atoms with E-state index in [1.54, 1.807) is 6.20 Å². The maximum absolute atomic E-state index is 5.89. The van der Waals surface area contributed by atoms with Crippen molar-refractivity contribution in [2.45, 2.75) is 56.4 Å². The fraction of sp³-hybridized carbons (Fsp3) is 0.667. The Bertz CT molecular complexity index is 405. The average Bonchev–Trinajstić information content (AvgIpc) is 2.65. The highest BCUT2D eigenvalue weighted by Crippen LogP contribution is 2.44. The van der Waals surface area contributed by atoms with E-state index >= 15 is 0 Å². The van der Waals surface area contributed by atoms with Crippen LogP contribution in [0, 0.1) is 5.41 Å². The lowest BCUT2D eigenvalue weighted by Crippen LogP contribution is -2.43. The second-order valence-corrected chi connectivity index (χ2v) is 7.63. The van der Waals surface area contributed by atoms with Crippen molar-refractivity contribution in [3.63, 3.8) is 0 Å². The van der Waals surface area contributed by atoms with Crippen LogP contribution in [0.4, 0.5) is 0 Å². The predicted octanol–water partition coefficient (Wildman–Crippen LogP) is 4.38. The molecule has 2 atom stereocenters. The fourth-order valence-corrected chi connectivity index (χ4v) is 4.28. The SMILES string of the molecule is CCCNC1C(Sc2ccc(Cl)cn2)CCC1(C)C. The first-order chi connectivity index (χ1) is 9.03. The molecular formula is C15H23ClN2S. The standard InChI is InChI=1S/C15H23ClN2S/c1-4-9-17-14-12(7-8-15(14,2)3)19-13-6-5-11(16)10-18-13/h5-6,10,12,14,17H,4,7-9H2,1-3H3. The van der Waals surface area contributed by atoms with E-state index in [0.29, 0.717) is 21.7 Å². The molecule has 1 N–H and O–H groups in total. The van der Waals surface area contributed by atoms with Gasteiger partial charge in [-0.15, -0.1) is 11.8 Å². The lowest BCUT2D eigenvalue weighted by molar-refractivity contribution is 0.287. The molecule has 19 heavy (non-hydrogen) atoms. The molecule has 1 heterocycles. The first-order valence-corrected chi connectivity index (χ1v) is 8.30. The largest absolute Gasteiger partial charge is 0.312 e. The van der Waals surface area contributed by atoms with Crippen LogP contribution in [0.2, 0.25) is 5.02 Å². The molecule has 1 aromatic heterocycles. The third-order valence-corrected chi connectivity index (χ3v) is 5.39. The Balaban J connectivity index is 2.03. The van der Waals surface area contributed by atoms with Crippen molar-refractivity contribution >= 4 is 23.4 Å². The van der Waals surface area contributed by atoms with Crippen molar-refractivity contribution in [2.75, 3.05) is 6.54 Å². The summed E-state index contributed by atoms with van der Waals surface area (Å²) in [6.45, 7) is 8.06. The van der Waals surface area contributed by atoms with Gasteiger partial charge in [-0.3, -0.25) is 0 Å². The Hall–Kier alpha value is -0.250. The van der Waals surface area contributed by atoms with Gasteiger partial charge in [0.25, 0.3) is 0 Å². The molecule has 0 aromatic carbocycles. The number of halogens is 1. The molecule has 0 amide bonds. The lowest BCUT2D eigenvalue weighted by atomic mass is 9.87. The van der Waals surface area contributed by atoms with E-state index in [1.807, 2.05) is 23.9 Å². The third kappa shape index (κ3) is 3.87. The van der Waals surface area contributed by atoms with E-state index in [0.717, 1.165) is 11.6 Å². The Morgan fingerprint density at radius 3 is 2.89 bits per heavy atom. The Kier molecular flexibility index (Phi) is 5.15. The summed E-state index contributed by atoms with van der Waals surface area (Å²) in [5.41, 5.74) is 0.374. The van der Waals surface area contributed by atoms with Crippen LogP contribution in [0.25, 0.3) is 0 Å². The third-order valence-electron chi connectivity index (χ3n) is 3.87. The van der Waals surface area contributed by atoms with Crippen LogP contribution in [0.15, 0.2) is 23.4 Å². The van der Waals surface area contributed by atoms with Crippen LogP contribution >= 0.6 is 23.4 Å². The van der Waals surface area contributed by atoms with Gasteiger partial charge in [-0.1, -0.05) is 32.4 Å². The Morgan fingerprint density at radius 2 is 2.26 bits per heavy atom. The predicted molar refractivity (Wildman–Crippen MR) is 84.0 cm³/mol. The minimum Gasteiger partial charge on any atom is -0.312 e. The lowest BCUT2D eigenvalue weighted by Gasteiger charge is -2.31. The summed E-state index contributed by atoms with van der Waals surface area (Å²) in [6.07, 6.45) is 5.45. The van der Waals surface area contributed by atoms with Gasteiger partial charge in [-0.2, -0.15) is 0 Å². The van der Waals surface area contributed by atoms with Gasteiger partial charge in [0.2, 0.25) is 0 Å². The summed E-state index contributed by atoms with van der Waals surface area (Å²) in [5.74, 6) is 0. The second kappa shape index (κ2) is 6.47. The van der Waals surface area contributed by atoms with Crippen LogP contribution in [0.1, 0.15) is 40.0 Å². The fourth-order valence-electron chi connectivity index (χ4n) is 2.76. The van der Waals surface area contributed by atoms with Gasteiger partial charge in [-0.05, 0) is 43.4 Å². The number of rotatable bonds is 5. The van der Waals surface area contributed by atoms with Crippen molar-refractivity contribution in [1.82, 2.24) is 10.3 Å². The van der Waals surface area contributed by atoms with Gasteiger partial charge < -0.3 is 5.32 Å². The number of nitrogens with one attached hydrogen (secondary N) is 1. The number of nitrogens with zero attached hydrogens (tertiary/aromatic N) is 1. The van der Waals surface area contributed by atoms with Crippen molar-refractivity contribution < 1.29 is 0 Å². The Labute approximate surface area is 125 Å². The molecule has 2 rings (SSSR count). The maximum atomic E-state index is 5.89. The molecule has 1 aliphatic rings. The molecule has 0 spiro atoms. The van der Waals surface area contributed by atoms with E-state index in [2.05, 4.69) is 31.1 Å². The van der Waals surface area contributed by atoms with Crippen molar-refractivity contribution in [3.05, 3.63) is 23.4 Å². The summed E-state index contributed by atoms with van der Waals surface area (Å²) in [4.78, 5) is 4.41. The summed E-state index contributed by atoms with van der Waals surface area (Å²) in [5, 5.41) is 6.12. The Morgan fingerprint density at radius 1 is 1.47 bits per heavy atom. The van der Waals surface area contributed by atoms with E-state index in [-0.39, 0.29) is 0 Å². The molecule has 0 radical (unpaired) electrons. The number of thioether (sulfide) groups is 1. The normalized spacial score (nSPS) is 25.7. The zero-order valence-corrected chi connectivity index (χ0v) is 13.5. The highest BCUT2D eigenvalue weighted by atomic mass is 35.5. The molecule has 2 nitrogen and oxygen atoms in total. The van der Waals surface area contributed by atoms with Gasteiger partial charge in [0.15, 0.2) is 0 Å². The first kappa shape index (κ1) is 15.1. The van der Waals surface area contributed by atoms with E-state index in [1.165, 1.54) is 19.3 Å². The van der Waals surface area contributed by atoms with Crippen molar-refractivity contribution in [2.24, 2.45) is 5.41 Å². The van der Waals surface area contributed by atoms with Crippen LogP contribution in [0.3, 0.4) is 0 Å². The highest BCUT2D eigenvalue weighted by Gasteiger charge is 2.41. The van der Waals surface area contributed by atoms with Gasteiger partial charge in [0, 0.05) is 17.5 Å². The zero-order valence-electron chi connectivity index (χ0n) is 11.9. The second-order valence-electron chi connectivity index (χ2n) is 5.93. The van der Waals surface area contributed by atoms with Gasteiger partial charge in [-0.25, -0.2) is 4.98 Å². The van der Waals surface area contributed by atoms with Gasteiger partial charge >= 0.3 is 0 Å². The summed E-state index contributed by atoms with van der Waals surface area (Å²) < 4.78 is 0. The molecular weight excluding hydrogens is 276 g/mol. The van der Waals surface area contributed by atoms with Gasteiger partial charge in [0.1, 0.15) is 0 Å². The number of aromatic nitrogens is 1. The monoisotopic (exact) mass is 298 g/mol. The summed E-state index contributed by atoms with van der Waals surface area (Å²) >= 11 is 7.78. The molecule has 1 fully saturated rings. The molecule has 1 aliphatic carbocycles. The molecule has 0 saturated heterocycles. The number of hydrogen-bond acceptors (Lipinski definition) is 3. The molecule has 106 valence electrons. The maximum Gasteiger partial charge on any atom is 0.0964 e. The summed E-state index contributed by atoms with van der Waals surface area (Å²) in [7, 11) is 0. The quantitative estimate of drug-likeness (QED) is 0.873. The molecule has 2 unspecified atom stereocenters.